The summed E-state index contributed by atoms with van der Waals surface area (Å²) in [5.74, 6) is 0. The Labute approximate surface area is 125 Å². The lowest BCUT2D eigenvalue weighted by Gasteiger charge is -2.10. The second kappa shape index (κ2) is 5.59. The van der Waals surface area contributed by atoms with Crippen molar-refractivity contribution in [2.75, 3.05) is 4.72 Å². The number of nitrogens with zero attached hydrogens (tertiary/aromatic N) is 1. The Morgan fingerprint density at radius 1 is 1.05 bits per heavy atom. The number of sulfonamides is 1. The van der Waals surface area contributed by atoms with E-state index in [1.54, 1.807) is 30.3 Å². The van der Waals surface area contributed by atoms with Gasteiger partial charge >= 0.3 is 0 Å². The van der Waals surface area contributed by atoms with Crippen LogP contribution in [-0.4, -0.2) is 8.42 Å². The van der Waals surface area contributed by atoms with E-state index in [9.17, 15) is 8.42 Å². The number of hydrogen-bond donors (Lipinski definition) is 1. The molecule has 0 aliphatic heterocycles. The number of para-hydroxylation sites is 1. The normalized spacial score (nSPS) is 10.7. The minimum absolute atomic E-state index is 0.0165. The summed E-state index contributed by atoms with van der Waals surface area (Å²) < 4.78 is 27.8. The Kier molecular flexibility index (Phi) is 4.07. The highest BCUT2D eigenvalue weighted by Gasteiger charge is 2.18. The molecule has 0 saturated carbocycles. The van der Waals surface area contributed by atoms with Crippen LogP contribution >= 0.6 is 22.6 Å². The molecule has 0 amide bonds. The molecule has 4 nitrogen and oxygen atoms in total. The van der Waals surface area contributed by atoms with Crippen LogP contribution in [-0.2, 0) is 10.0 Å². The zero-order chi connectivity index (χ0) is 13.9. The smallest absolute Gasteiger partial charge is 0.263 e. The van der Waals surface area contributed by atoms with Crippen LogP contribution in [0.15, 0.2) is 53.4 Å². The molecule has 6 heteroatoms. The molecule has 0 saturated heterocycles. The van der Waals surface area contributed by atoms with E-state index in [2.05, 4.69) is 4.72 Å². The topological polar surface area (TPSA) is 70.0 Å². The van der Waals surface area contributed by atoms with E-state index >= 15 is 0 Å². The van der Waals surface area contributed by atoms with E-state index in [1.807, 2.05) is 34.7 Å². The first-order chi connectivity index (χ1) is 9.04. The minimum Gasteiger partial charge on any atom is -0.279 e. The standard InChI is InChI=1S/C13H9IN2O2S/c14-11-6-2-3-7-12(11)16-19(17,18)13-8-4-1-5-10(13)9-15/h1-8,16H. The molecule has 0 fully saturated rings. The molecule has 0 aromatic heterocycles. The maximum Gasteiger partial charge on any atom is 0.263 e. The van der Waals surface area contributed by atoms with Crippen LogP contribution in [0.4, 0.5) is 5.69 Å². The third kappa shape index (κ3) is 3.05. The molecule has 0 spiro atoms. The molecule has 0 atom stereocenters. The third-order valence-electron chi connectivity index (χ3n) is 2.42. The van der Waals surface area contributed by atoms with Gasteiger partial charge in [-0.05, 0) is 46.9 Å². The Balaban J connectivity index is 2.45. The number of benzene rings is 2. The molecule has 0 aliphatic rings. The number of rotatable bonds is 3. The van der Waals surface area contributed by atoms with Gasteiger partial charge < -0.3 is 0 Å². The number of nitriles is 1. The fourth-order valence-corrected chi connectivity index (χ4v) is 3.48. The van der Waals surface area contributed by atoms with E-state index in [0.717, 1.165) is 3.57 Å². The first-order valence-electron chi connectivity index (χ1n) is 5.31. The van der Waals surface area contributed by atoms with Gasteiger partial charge in [0.2, 0.25) is 0 Å². The van der Waals surface area contributed by atoms with Crippen LogP contribution in [0.25, 0.3) is 0 Å². The minimum atomic E-state index is -3.76. The van der Waals surface area contributed by atoms with Crippen molar-refractivity contribution in [3.63, 3.8) is 0 Å². The quantitative estimate of drug-likeness (QED) is 0.828. The number of halogens is 1. The van der Waals surface area contributed by atoms with E-state index in [0.29, 0.717) is 5.69 Å². The summed E-state index contributed by atoms with van der Waals surface area (Å²) in [6.07, 6.45) is 0. The van der Waals surface area contributed by atoms with Crippen molar-refractivity contribution >= 4 is 38.3 Å². The summed E-state index contributed by atoms with van der Waals surface area (Å²) >= 11 is 2.05. The highest BCUT2D eigenvalue weighted by molar-refractivity contribution is 14.1. The largest absolute Gasteiger partial charge is 0.279 e. The summed E-state index contributed by atoms with van der Waals surface area (Å²) in [7, 11) is -3.76. The Bertz CT molecular complexity index is 751. The molecule has 19 heavy (non-hydrogen) atoms. The maximum atomic E-state index is 12.3. The zero-order valence-electron chi connectivity index (χ0n) is 9.67. The molecule has 2 aromatic rings. The van der Waals surface area contributed by atoms with Gasteiger partial charge in [-0.3, -0.25) is 4.72 Å². The third-order valence-corrected chi connectivity index (χ3v) is 4.78. The van der Waals surface area contributed by atoms with E-state index in [1.165, 1.54) is 12.1 Å². The second-order valence-electron chi connectivity index (χ2n) is 3.69. The zero-order valence-corrected chi connectivity index (χ0v) is 12.6. The Morgan fingerprint density at radius 2 is 1.68 bits per heavy atom. The van der Waals surface area contributed by atoms with Crippen molar-refractivity contribution in [1.82, 2.24) is 0 Å². The first-order valence-corrected chi connectivity index (χ1v) is 7.87. The van der Waals surface area contributed by atoms with Crippen molar-refractivity contribution in [3.05, 3.63) is 57.7 Å². The molecule has 0 aliphatic carbocycles. The van der Waals surface area contributed by atoms with Crippen molar-refractivity contribution < 1.29 is 8.42 Å². The van der Waals surface area contributed by atoms with E-state index in [-0.39, 0.29) is 10.5 Å². The van der Waals surface area contributed by atoms with Crippen molar-refractivity contribution in [1.29, 1.82) is 5.26 Å². The lowest BCUT2D eigenvalue weighted by atomic mass is 10.2. The van der Waals surface area contributed by atoms with Crippen LogP contribution < -0.4 is 4.72 Å². The van der Waals surface area contributed by atoms with Gasteiger partial charge in [0, 0.05) is 3.57 Å². The predicted molar refractivity (Wildman–Crippen MR) is 81.1 cm³/mol. The van der Waals surface area contributed by atoms with Crippen LogP contribution in [0.5, 0.6) is 0 Å². The lowest BCUT2D eigenvalue weighted by Crippen LogP contribution is -2.15. The van der Waals surface area contributed by atoms with Crippen molar-refractivity contribution in [3.8, 4) is 6.07 Å². The first kappa shape index (κ1) is 13.8. The fourth-order valence-electron chi connectivity index (χ4n) is 1.54. The van der Waals surface area contributed by atoms with Crippen LogP contribution in [0.3, 0.4) is 0 Å². The maximum absolute atomic E-state index is 12.3. The van der Waals surface area contributed by atoms with E-state index in [4.69, 9.17) is 5.26 Å². The fraction of sp³-hybridized carbons (Fsp3) is 0. The highest BCUT2D eigenvalue weighted by Crippen LogP contribution is 2.22. The molecular formula is C13H9IN2O2S. The number of hydrogen-bond acceptors (Lipinski definition) is 3. The number of anilines is 1. The summed E-state index contributed by atoms with van der Waals surface area (Å²) in [5, 5.41) is 8.96. The molecular weight excluding hydrogens is 375 g/mol. The highest BCUT2D eigenvalue weighted by atomic mass is 127. The number of nitrogens with one attached hydrogen (secondary N) is 1. The average Bonchev–Trinajstić information content (AvgIpc) is 2.41. The van der Waals surface area contributed by atoms with Crippen LogP contribution in [0.2, 0.25) is 0 Å². The van der Waals surface area contributed by atoms with Gasteiger partial charge in [-0.2, -0.15) is 5.26 Å². The van der Waals surface area contributed by atoms with Crippen molar-refractivity contribution in [2.45, 2.75) is 4.90 Å². The van der Waals surface area contributed by atoms with Gasteiger partial charge in [-0.15, -0.1) is 0 Å². The molecule has 0 radical (unpaired) electrons. The Hall–Kier alpha value is -1.59. The summed E-state index contributed by atoms with van der Waals surface area (Å²) in [4.78, 5) is -0.0165. The van der Waals surface area contributed by atoms with Crippen molar-refractivity contribution in [2.24, 2.45) is 0 Å². The predicted octanol–water partition coefficient (Wildman–Crippen LogP) is 2.96. The average molecular weight is 384 g/mol. The van der Waals surface area contributed by atoms with Gasteiger partial charge in [0.25, 0.3) is 10.0 Å². The molecule has 96 valence electrons. The molecule has 0 bridgehead atoms. The van der Waals surface area contributed by atoms with Crippen LogP contribution in [0.1, 0.15) is 5.56 Å². The van der Waals surface area contributed by atoms with Gasteiger partial charge in [0.05, 0.1) is 11.3 Å². The molecule has 1 N–H and O–H groups in total. The van der Waals surface area contributed by atoms with E-state index < -0.39 is 10.0 Å². The summed E-state index contributed by atoms with van der Waals surface area (Å²) in [6, 6.07) is 15.0. The van der Waals surface area contributed by atoms with Gasteiger partial charge in [0.1, 0.15) is 11.0 Å². The lowest BCUT2D eigenvalue weighted by molar-refractivity contribution is 0.601. The SMILES string of the molecule is N#Cc1ccccc1S(=O)(=O)Nc1ccccc1I. The molecule has 0 heterocycles. The summed E-state index contributed by atoms with van der Waals surface area (Å²) in [6.45, 7) is 0. The molecule has 2 rings (SSSR count). The second-order valence-corrected chi connectivity index (χ2v) is 6.51. The van der Waals surface area contributed by atoms with Gasteiger partial charge in [0.15, 0.2) is 0 Å². The summed E-state index contributed by atoms with van der Waals surface area (Å²) in [5.41, 5.74) is 0.622. The monoisotopic (exact) mass is 384 g/mol. The van der Waals surface area contributed by atoms with Gasteiger partial charge in [-0.1, -0.05) is 24.3 Å². The Morgan fingerprint density at radius 3 is 2.37 bits per heavy atom. The molecule has 0 unspecified atom stereocenters. The van der Waals surface area contributed by atoms with Crippen LogP contribution in [0, 0.1) is 14.9 Å². The van der Waals surface area contributed by atoms with Gasteiger partial charge in [-0.25, -0.2) is 8.42 Å². The molecule has 2 aromatic carbocycles.